The molecule has 1 saturated carbocycles. The highest BCUT2D eigenvalue weighted by Gasteiger charge is 2.43. The van der Waals surface area contributed by atoms with Crippen LogP contribution in [0.5, 0.6) is 5.75 Å². The van der Waals surface area contributed by atoms with Crippen molar-refractivity contribution < 1.29 is 14.3 Å². The van der Waals surface area contributed by atoms with E-state index in [-0.39, 0.29) is 24.0 Å². The number of halogens is 1. The molecule has 2 fully saturated rings. The molecule has 1 aliphatic carbocycles. The van der Waals surface area contributed by atoms with Gasteiger partial charge in [-0.3, -0.25) is 4.99 Å². The third-order valence-corrected chi connectivity index (χ3v) is 5.48. The molecule has 2 aliphatic rings. The molecule has 0 atom stereocenters. The van der Waals surface area contributed by atoms with E-state index in [0.717, 1.165) is 24.6 Å². The van der Waals surface area contributed by atoms with E-state index in [1.807, 2.05) is 19.2 Å². The predicted molar refractivity (Wildman–Crippen MR) is 112 cm³/mol. The number of likely N-dealkylation sites (tertiary alicyclic amines) is 1. The molecule has 1 heterocycles. The lowest BCUT2D eigenvalue weighted by Gasteiger charge is -2.38. The number of hydrogen-bond donors (Lipinski definition) is 1. The Bertz CT molecular complexity index is 674. The van der Waals surface area contributed by atoms with Crippen LogP contribution in [0.25, 0.3) is 0 Å². The van der Waals surface area contributed by atoms with Crippen molar-refractivity contribution in [1.29, 1.82) is 0 Å². The van der Waals surface area contributed by atoms with Crippen molar-refractivity contribution in [2.45, 2.75) is 32.2 Å². The number of nitrogens with zero attached hydrogens (tertiary/aromatic N) is 2. The minimum absolute atomic E-state index is 0. The second kappa shape index (κ2) is 8.92. The van der Waals surface area contributed by atoms with Crippen LogP contribution in [0.1, 0.15) is 41.6 Å². The summed E-state index contributed by atoms with van der Waals surface area (Å²) in [7, 11) is 4.74. The molecule has 3 rings (SSSR count). The number of carbonyl (C=O) groups is 1. The Kier molecular flexibility index (Phi) is 7.14. The maximum atomic E-state index is 11.9. The second-order valence-corrected chi connectivity index (χ2v) is 6.95. The Hall–Kier alpha value is -1.51. The molecular weight excluding hydrogens is 445 g/mol. The summed E-state index contributed by atoms with van der Waals surface area (Å²) < 4.78 is 10.1. The van der Waals surface area contributed by atoms with Gasteiger partial charge < -0.3 is 19.7 Å². The topological polar surface area (TPSA) is 63.2 Å². The first-order chi connectivity index (χ1) is 12.1. The van der Waals surface area contributed by atoms with Crippen molar-refractivity contribution >= 4 is 35.9 Å². The molecule has 0 aromatic heterocycles. The molecule has 1 aliphatic heterocycles. The van der Waals surface area contributed by atoms with Crippen LogP contribution in [0.15, 0.2) is 23.2 Å². The highest BCUT2D eigenvalue weighted by Crippen LogP contribution is 2.47. The molecule has 0 radical (unpaired) electrons. The SMILES string of the molecule is CN=C(NCc1ccc(OC)c(C(=O)OC)c1)N1CCC2(CCC2)C1.I. The van der Waals surface area contributed by atoms with Crippen molar-refractivity contribution in [1.82, 2.24) is 10.2 Å². The lowest BCUT2D eigenvalue weighted by Crippen LogP contribution is -2.42. The Morgan fingerprint density at radius 3 is 2.62 bits per heavy atom. The first-order valence-electron chi connectivity index (χ1n) is 8.82. The van der Waals surface area contributed by atoms with Gasteiger partial charge in [0.15, 0.2) is 5.96 Å². The van der Waals surface area contributed by atoms with Crippen LogP contribution >= 0.6 is 24.0 Å². The van der Waals surface area contributed by atoms with Gasteiger partial charge in [0.05, 0.1) is 14.2 Å². The van der Waals surface area contributed by atoms with Crippen molar-refractivity contribution in [3.8, 4) is 5.75 Å². The first kappa shape index (κ1) is 20.8. The molecule has 0 unspecified atom stereocenters. The fourth-order valence-electron chi connectivity index (χ4n) is 3.85. The van der Waals surface area contributed by atoms with Gasteiger partial charge >= 0.3 is 5.97 Å². The minimum atomic E-state index is -0.394. The zero-order chi connectivity index (χ0) is 17.9. The van der Waals surface area contributed by atoms with Gasteiger partial charge in [-0.2, -0.15) is 0 Å². The molecule has 7 heteroatoms. The van der Waals surface area contributed by atoms with Crippen LogP contribution in [0.3, 0.4) is 0 Å². The van der Waals surface area contributed by atoms with Crippen molar-refractivity contribution in [2.75, 3.05) is 34.4 Å². The lowest BCUT2D eigenvalue weighted by atomic mass is 9.68. The van der Waals surface area contributed by atoms with Gasteiger partial charge in [0, 0.05) is 26.7 Å². The minimum Gasteiger partial charge on any atom is -0.496 e. The van der Waals surface area contributed by atoms with Crippen LogP contribution in [0.4, 0.5) is 0 Å². The Morgan fingerprint density at radius 2 is 2.08 bits per heavy atom. The number of methoxy groups -OCH3 is 2. The number of esters is 1. The summed E-state index contributed by atoms with van der Waals surface area (Å²) in [5, 5.41) is 3.42. The van der Waals surface area contributed by atoms with Crippen LogP contribution < -0.4 is 10.1 Å². The molecule has 1 N–H and O–H groups in total. The van der Waals surface area contributed by atoms with Gasteiger partial charge in [-0.1, -0.05) is 12.5 Å². The number of benzene rings is 1. The van der Waals surface area contributed by atoms with E-state index in [1.165, 1.54) is 32.8 Å². The highest BCUT2D eigenvalue weighted by molar-refractivity contribution is 14.0. The molecule has 1 aromatic rings. The number of carbonyl (C=O) groups excluding carboxylic acids is 1. The quantitative estimate of drug-likeness (QED) is 0.315. The zero-order valence-electron chi connectivity index (χ0n) is 15.7. The Morgan fingerprint density at radius 1 is 1.31 bits per heavy atom. The van der Waals surface area contributed by atoms with Gasteiger partial charge in [0.1, 0.15) is 11.3 Å². The van der Waals surface area contributed by atoms with Crippen LogP contribution in [-0.2, 0) is 11.3 Å². The summed E-state index contributed by atoms with van der Waals surface area (Å²) in [5.74, 6) is 1.06. The fraction of sp³-hybridized carbons (Fsp3) is 0.579. The lowest BCUT2D eigenvalue weighted by molar-refractivity contribution is 0.0597. The molecule has 1 spiro atoms. The summed E-state index contributed by atoms with van der Waals surface area (Å²) in [6, 6.07) is 5.55. The Balaban J connectivity index is 0.00000243. The number of nitrogens with one attached hydrogen (secondary N) is 1. The van der Waals surface area contributed by atoms with E-state index in [0.29, 0.717) is 23.3 Å². The third kappa shape index (κ3) is 4.24. The molecule has 144 valence electrons. The summed E-state index contributed by atoms with van der Waals surface area (Å²) in [6.07, 6.45) is 5.33. The zero-order valence-corrected chi connectivity index (χ0v) is 18.0. The number of aliphatic imine (C=N–C) groups is 1. The molecule has 26 heavy (non-hydrogen) atoms. The van der Waals surface area contributed by atoms with E-state index in [9.17, 15) is 4.79 Å². The van der Waals surface area contributed by atoms with Gasteiger partial charge in [-0.05, 0) is 42.4 Å². The second-order valence-electron chi connectivity index (χ2n) is 6.95. The van der Waals surface area contributed by atoms with E-state index in [2.05, 4.69) is 15.2 Å². The van der Waals surface area contributed by atoms with Crippen LogP contribution in [0, 0.1) is 5.41 Å². The monoisotopic (exact) mass is 473 g/mol. The standard InChI is InChI=1S/C19H27N3O3.HI/c1-20-18(22-10-9-19(13-22)7-4-8-19)21-12-14-5-6-16(24-2)15(11-14)17(23)25-3;/h5-6,11H,4,7-10,12-13H2,1-3H3,(H,20,21);1H. The predicted octanol–water partition coefficient (Wildman–Crippen LogP) is 3.05. The molecular formula is C19H28IN3O3. The maximum absolute atomic E-state index is 11.9. The van der Waals surface area contributed by atoms with Crippen molar-refractivity contribution in [3.05, 3.63) is 29.3 Å². The van der Waals surface area contributed by atoms with E-state index < -0.39 is 5.97 Å². The molecule has 1 saturated heterocycles. The van der Waals surface area contributed by atoms with Gasteiger partial charge in [-0.15, -0.1) is 24.0 Å². The van der Waals surface area contributed by atoms with Gasteiger partial charge in [0.25, 0.3) is 0 Å². The largest absolute Gasteiger partial charge is 0.496 e. The number of hydrogen-bond acceptors (Lipinski definition) is 4. The fourth-order valence-corrected chi connectivity index (χ4v) is 3.85. The Labute approximate surface area is 172 Å². The van der Waals surface area contributed by atoms with E-state index in [1.54, 1.807) is 13.2 Å². The van der Waals surface area contributed by atoms with Crippen molar-refractivity contribution in [2.24, 2.45) is 10.4 Å². The average Bonchev–Trinajstić information content (AvgIpc) is 3.07. The summed E-state index contributed by atoms with van der Waals surface area (Å²) in [6.45, 7) is 2.77. The maximum Gasteiger partial charge on any atom is 0.341 e. The van der Waals surface area contributed by atoms with Gasteiger partial charge in [0.2, 0.25) is 0 Å². The average molecular weight is 473 g/mol. The summed E-state index contributed by atoms with van der Waals surface area (Å²) in [5.41, 5.74) is 1.96. The molecule has 0 bridgehead atoms. The number of guanidine groups is 1. The van der Waals surface area contributed by atoms with Crippen LogP contribution in [-0.4, -0.2) is 51.2 Å². The first-order valence-corrected chi connectivity index (χ1v) is 8.82. The molecule has 6 nitrogen and oxygen atoms in total. The normalized spacial score (nSPS) is 18.1. The van der Waals surface area contributed by atoms with E-state index in [4.69, 9.17) is 9.47 Å². The smallest absolute Gasteiger partial charge is 0.341 e. The van der Waals surface area contributed by atoms with Crippen molar-refractivity contribution in [3.63, 3.8) is 0 Å². The van der Waals surface area contributed by atoms with E-state index >= 15 is 0 Å². The summed E-state index contributed by atoms with van der Waals surface area (Å²) in [4.78, 5) is 18.7. The third-order valence-electron chi connectivity index (χ3n) is 5.48. The van der Waals surface area contributed by atoms with Gasteiger partial charge in [-0.25, -0.2) is 4.79 Å². The number of ether oxygens (including phenoxy) is 2. The molecule has 0 amide bonds. The summed E-state index contributed by atoms with van der Waals surface area (Å²) >= 11 is 0. The van der Waals surface area contributed by atoms with Crippen LogP contribution in [0.2, 0.25) is 0 Å². The number of rotatable bonds is 4. The highest BCUT2D eigenvalue weighted by atomic mass is 127. The molecule has 1 aromatic carbocycles.